The Bertz CT molecular complexity index is 1940. The molecule has 0 bridgehead atoms. The summed E-state index contributed by atoms with van der Waals surface area (Å²) in [7, 11) is 1.72. The number of hydrogen-bond donors (Lipinski definition) is 13. The molecule has 23 heteroatoms. The Morgan fingerprint density at radius 3 is 1.92 bits per heavy atom. The molecule has 5 saturated heterocycles. The van der Waals surface area contributed by atoms with Crippen LogP contribution in [-0.2, 0) is 47.4 Å². The molecule has 9 aliphatic rings. The fourth-order valence-corrected chi connectivity index (χ4v) is 15.2. The Kier molecular flexibility index (Phi) is 17.9. The summed E-state index contributed by atoms with van der Waals surface area (Å²) in [5, 5.41) is 137. The van der Waals surface area contributed by atoms with Crippen molar-refractivity contribution in [3.8, 4) is 0 Å². The van der Waals surface area contributed by atoms with E-state index in [2.05, 4.69) is 26.8 Å². The van der Waals surface area contributed by atoms with Crippen molar-refractivity contribution in [2.75, 3.05) is 33.5 Å². The van der Waals surface area contributed by atoms with Gasteiger partial charge in [-0.2, -0.15) is 0 Å². The highest BCUT2D eigenvalue weighted by molar-refractivity contribution is 5.26. The van der Waals surface area contributed by atoms with Crippen molar-refractivity contribution < 1.29 is 114 Å². The van der Waals surface area contributed by atoms with Crippen LogP contribution in [0.5, 0.6) is 0 Å². The van der Waals surface area contributed by atoms with E-state index in [1.807, 2.05) is 6.92 Å². The first-order valence-corrected chi connectivity index (χ1v) is 27.3. The van der Waals surface area contributed by atoms with Gasteiger partial charge in [0.15, 0.2) is 30.9 Å². The highest BCUT2D eigenvalue weighted by Gasteiger charge is 2.68. The maximum atomic E-state index is 11.2. The number of aliphatic hydroxyl groups is 13. The summed E-state index contributed by atoms with van der Waals surface area (Å²) < 4.78 is 60.3. The van der Waals surface area contributed by atoms with E-state index in [-0.39, 0.29) is 41.5 Å². The molecule has 0 unspecified atom stereocenters. The summed E-state index contributed by atoms with van der Waals surface area (Å²) in [5.74, 6) is 0.949. The van der Waals surface area contributed by atoms with Crippen LogP contribution >= 0.6 is 0 Å². The summed E-state index contributed by atoms with van der Waals surface area (Å²) in [6.45, 7) is 8.97. The fourth-order valence-electron chi connectivity index (χ4n) is 15.2. The van der Waals surface area contributed by atoms with E-state index in [9.17, 15) is 66.4 Å². The average Bonchev–Trinajstić information content (AvgIpc) is 3.86. The van der Waals surface area contributed by atoms with Crippen molar-refractivity contribution in [3.05, 3.63) is 11.6 Å². The highest BCUT2D eigenvalue weighted by Crippen LogP contribution is 2.70. The van der Waals surface area contributed by atoms with E-state index in [1.54, 1.807) is 7.11 Å². The lowest BCUT2D eigenvalue weighted by atomic mass is 9.47. The third-order valence-electron chi connectivity index (χ3n) is 19.8. The standard InChI is InChI=1S/C52H86O23/c1-21(19-67-46-42(63)39(60)35(56)30(17-53)71-46)9-14-52(66-6)22(2)33-29(75-52)16-28-26-8-7-24-15-25(10-12-50(24,4)27(26)11-13-51(28,33)5)70-48-44(65)40(61)37(58)32(73-48)20-68-49-45(41(62)36(57)31(18-54)72-49)74-47-43(64)38(59)34(55)23(3)69-47/h7,21-23,25-49,53-65H,8-20H2,1-6H3/t21-,22-,23-,25+,26+,27-,28-,29-,30-,31-,32-,33-,34-,35-,36-,37-,38+,39+,40+,41+,42-,43-,44-,45-,46-,47+,48-,49-,50+,51+,52+/m0/s1. The maximum Gasteiger partial charge on any atom is 0.187 e. The molecule has 0 aromatic rings. The Balaban J connectivity index is 0.800. The minimum absolute atomic E-state index is 0.00726. The van der Waals surface area contributed by atoms with Gasteiger partial charge in [-0.1, -0.05) is 39.3 Å². The van der Waals surface area contributed by atoms with Gasteiger partial charge < -0.3 is 114 Å². The first kappa shape index (κ1) is 58.5. The lowest BCUT2D eigenvalue weighted by molar-refractivity contribution is -0.371. The molecule has 0 aromatic carbocycles. The molecule has 9 rings (SSSR count). The van der Waals surface area contributed by atoms with Gasteiger partial charge >= 0.3 is 0 Å². The first-order chi connectivity index (χ1) is 35.5. The summed E-state index contributed by atoms with van der Waals surface area (Å²) in [4.78, 5) is 0. The number of aliphatic hydroxyl groups excluding tert-OH is 13. The smallest absolute Gasteiger partial charge is 0.187 e. The molecule has 31 atom stereocenters. The third-order valence-corrected chi connectivity index (χ3v) is 19.8. The fraction of sp³-hybridized carbons (Fsp3) is 0.962. The van der Waals surface area contributed by atoms with Gasteiger partial charge in [0.25, 0.3) is 0 Å². The van der Waals surface area contributed by atoms with E-state index in [0.29, 0.717) is 49.4 Å². The normalized spacial score (nSPS) is 54.3. The van der Waals surface area contributed by atoms with Crippen LogP contribution in [0.1, 0.15) is 92.4 Å². The van der Waals surface area contributed by atoms with Gasteiger partial charge in [0, 0.05) is 19.4 Å². The van der Waals surface area contributed by atoms with Crippen molar-refractivity contribution in [2.24, 2.45) is 46.3 Å². The number of rotatable bonds is 16. The van der Waals surface area contributed by atoms with Crippen molar-refractivity contribution >= 4 is 0 Å². The van der Waals surface area contributed by atoms with E-state index >= 15 is 0 Å². The molecule has 23 nitrogen and oxygen atoms in total. The maximum absolute atomic E-state index is 11.2. The van der Waals surface area contributed by atoms with E-state index < -0.39 is 148 Å². The van der Waals surface area contributed by atoms with Gasteiger partial charge in [-0.05, 0) is 98.7 Å². The molecule has 75 heavy (non-hydrogen) atoms. The number of fused-ring (bicyclic) bond motifs is 7. The summed E-state index contributed by atoms with van der Waals surface area (Å²) in [5.41, 5.74) is 1.24. The predicted octanol–water partition coefficient (Wildman–Crippen LogP) is -2.35. The van der Waals surface area contributed by atoms with Crippen molar-refractivity contribution in [1.29, 1.82) is 0 Å². The predicted molar refractivity (Wildman–Crippen MR) is 255 cm³/mol. The summed E-state index contributed by atoms with van der Waals surface area (Å²) in [6.07, 6.45) is -20.5. The van der Waals surface area contributed by atoms with Gasteiger partial charge in [-0.25, -0.2) is 0 Å². The zero-order valence-corrected chi connectivity index (χ0v) is 43.8. The molecule has 0 spiro atoms. The van der Waals surface area contributed by atoms with Gasteiger partial charge in [-0.3, -0.25) is 0 Å². The number of ether oxygens (including phenoxy) is 10. The Morgan fingerprint density at radius 2 is 1.25 bits per heavy atom. The molecule has 8 fully saturated rings. The molecule has 13 N–H and O–H groups in total. The van der Waals surface area contributed by atoms with Crippen LogP contribution in [-0.4, -0.2) is 241 Å². The quantitative estimate of drug-likeness (QED) is 0.0720. The van der Waals surface area contributed by atoms with Crippen LogP contribution in [0, 0.1) is 46.3 Å². The lowest BCUT2D eigenvalue weighted by Gasteiger charge is -2.58. The summed E-state index contributed by atoms with van der Waals surface area (Å²) in [6, 6.07) is 0. The van der Waals surface area contributed by atoms with Crippen LogP contribution in [0.4, 0.5) is 0 Å². The van der Waals surface area contributed by atoms with Gasteiger partial charge in [0.1, 0.15) is 91.6 Å². The monoisotopic (exact) mass is 1080 g/mol. The molecule has 0 aromatic heterocycles. The molecule has 5 aliphatic heterocycles. The van der Waals surface area contributed by atoms with Gasteiger partial charge in [0.2, 0.25) is 0 Å². The Hall–Kier alpha value is -1.18. The van der Waals surface area contributed by atoms with Crippen molar-refractivity contribution in [1.82, 2.24) is 0 Å². The average molecular weight is 1080 g/mol. The number of methoxy groups -OCH3 is 1. The van der Waals surface area contributed by atoms with Crippen LogP contribution in [0.25, 0.3) is 0 Å². The number of allylic oxidation sites excluding steroid dienone is 1. The second kappa shape index (κ2) is 23.0. The minimum Gasteiger partial charge on any atom is -0.394 e. The second-order valence-corrected chi connectivity index (χ2v) is 24.0. The van der Waals surface area contributed by atoms with Gasteiger partial charge in [-0.15, -0.1) is 0 Å². The molecular formula is C52H86O23. The van der Waals surface area contributed by atoms with Crippen molar-refractivity contribution in [3.63, 3.8) is 0 Å². The molecule has 5 heterocycles. The largest absolute Gasteiger partial charge is 0.394 e. The molecule has 0 radical (unpaired) electrons. The molecule has 4 aliphatic carbocycles. The van der Waals surface area contributed by atoms with Crippen LogP contribution in [0.15, 0.2) is 11.6 Å². The van der Waals surface area contributed by atoms with Crippen LogP contribution in [0.3, 0.4) is 0 Å². The van der Waals surface area contributed by atoms with E-state index in [4.69, 9.17) is 47.4 Å². The van der Waals surface area contributed by atoms with Crippen LogP contribution < -0.4 is 0 Å². The van der Waals surface area contributed by atoms with Crippen LogP contribution in [0.2, 0.25) is 0 Å². The highest BCUT2D eigenvalue weighted by atomic mass is 16.8. The SMILES string of the molecule is CO[C@]1(CC[C@H](C)CO[C@H]2O[C@@H](CO)[C@H](O)[C@@H](O)[C@@H]2O)O[C@H]2C[C@H]3[C@@H]4CC=C5C[C@H](O[C@H]6O[C@@H](CO[C@H]7O[C@@H](CO)[C@H](O)[C@@H](O)[C@@H]7O[C@H]7O[C@@H](C)[C@H](O)[C@@H](O)[C@@H]7O)[C@H](O)[C@@H](O)[C@@H]6O)CC[C@@]5(C)[C@H]4CC[C@@]3(C)[C@H]2[C@@H]1C. The molecule has 3 saturated carbocycles. The Morgan fingerprint density at radius 1 is 0.653 bits per heavy atom. The molecular weight excluding hydrogens is 993 g/mol. The molecule has 432 valence electrons. The first-order valence-electron chi connectivity index (χ1n) is 27.3. The zero-order chi connectivity index (χ0) is 54.2. The van der Waals surface area contributed by atoms with E-state index in [0.717, 1.165) is 32.1 Å². The zero-order valence-electron chi connectivity index (χ0n) is 43.8. The lowest BCUT2D eigenvalue weighted by Crippen LogP contribution is -2.64. The second-order valence-electron chi connectivity index (χ2n) is 24.0. The van der Waals surface area contributed by atoms with E-state index in [1.165, 1.54) is 12.5 Å². The topological polar surface area (TPSA) is 355 Å². The van der Waals surface area contributed by atoms with Gasteiger partial charge in [0.05, 0.1) is 44.7 Å². The summed E-state index contributed by atoms with van der Waals surface area (Å²) >= 11 is 0. The molecule has 0 amide bonds. The number of hydrogen-bond acceptors (Lipinski definition) is 23. The Labute approximate surface area is 437 Å². The minimum atomic E-state index is -1.78. The van der Waals surface area contributed by atoms with Crippen molar-refractivity contribution in [2.45, 2.75) is 233 Å². The third kappa shape index (κ3) is 10.6.